The van der Waals surface area contributed by atoms with Crippen LogP contribution in [0.15, 0.2) is 53.0 Å². The van der Waals surface area contributed by atoms with Gasteiger partial charge in [0.15, 0.2) is 0 Å². The molecular formula is C15H16BrNO. The normalized spacial score (nSPS) is 12.2. The molecular weight excluding hydrogens is 290 g/mol. The zero-order valence-corrected chi connectivity index (χ0v) is 11.9. The van der Waals surface area contributed by atoms with E-state index in [2.05, 4.69) is 35.0 Å². The molecule has 0 amide bonds. The van der Waals surface area contributed by atoms with Gasteiger partial charge in [-0.15, -0.1) is 0 Å². The lowest BCUT2D eigenvalue weighted by Gasteiger charge is -2.14. The van der Waals surface area contributed by atoms with Crippen LogP contribution in [0.5, 0.6) is 5.75 Å². The summed E-state index contributed by atoms with van der Waals surface area (Å²) in [6.07, 6.45) is 0. The van der Waals surface area contributed by atoms with E-state index in [1.54, 1.807) is 0 Å². The Hall–Kier alpha value is -1.32. The molecule has 0 spiro atoms. The molecule has 2 nitrogen and oxygen atoms in total. The molecule has 2 aromatic carbocycles. The van der Waals surface area contributed by atoms with Crippen LogP contribution in [0.2, 0.25) is 0 Å². The minimum atomic E-state index is -0.103. The van der Waals surface area contributed by atoms with Crippen molar-refractivity contribution >= 4 is 15.9 Å². The molecule has 0 radical (unpaired) electrons. The number of benzene rings is 2. The van der Waals surface area contributed by atoms with Crippen molar-refractivity contribution in [2.45, 2.75) is 13.0 Å². The molecule has 0 bridgehead atoms. The fraction of sp³-hybridized carbons (Fsp3) is 0.200. The third kappa shape index (κ3) is 3.59. The van der Waals surface area contributed by atoms with Crippen molar-refractivity contribution in [2.75, 3.05) is 6.61 Å². The molecule has 2 aromatic rings. The monoisotopic (exact) mass is 305 g/mol. The highest BCUT2D eigenvalue weighted by Gasteiger charge is 2.06. The molecule has 1 atom stereocenters. The van der Waals surface area contributed by atoms with E-state index in [0.29, 0.717) is 6.61 Å². The lowest BCUT2D eigenvalue weighted by Crippen LogP contribution is -2.19. The predicted molar refractivity (Wildman–Crippen MR) is 77.7 cm³/mol. The van der Waals surface area contributed by atoms with Gasteiger partial charge < -0.3 is 10.5 Å². The smallest absolute Gasteiger partial charge is 0.119 e. The van der Waals surface area contributed by atoms with E-state index in [0.717, 1.165) is 15.8 Å². The van der Waals surface area contributed by atoms with E-state index in [1.165, 1.54) is 5.56 Å². The quantitative estimate of drug-likeness (QED) is 0.931. The molecule has 1 unspecified atom stereocenters. The Morgan fingerprint density at radius 1 is 1.17 bits per heavy atom. The third-order valence-corrected chi connectivity index (χ3v) is 3.24. The molecule has 2 N–H and O–H groups in total. The minimum Gasteiger partial charge on any atom is -0.492 e. The van der Waals surface area contributed by atoms with Gasteiger partial charge in [0, 0.05) is 4.47 Å². The van der Waals surface area contributed by atoms with Crippen molar-refractivity contribution < 1.29 is 4.74 Å². The second-order valence-corrected chi connectivity index (χ2v) is 5.20. The first-order valence-corrected chi connectivity index (χ1v) is 6.65. The maximum atomic E-state index is 6.11. The van der Waals surface area contributed by atoms with E-state index in [-0.39, 0.29) is 6.04 Å². The van der Waals surface area contributed by atoms with Crippen molar-refractivity contribution in [2.24, 2.45) is 5.73 Å². The summed E-state index contributed by atoms with van der Waals surface area (Å²) in [4.78, 5) is 0. The molecule has 18 heavy (non-hydrogen) atoms. The summed E-state index contributed by atoms with van der Waals surface area (Å²) >= 11 is 3.39. The zero-order valence-electron chi connectivity index (χ0n) is 10.3. The van der Waals surface area contributed by atoms with Gasteiger partial charge in [-0.2, -0.15) is 0 Å². The third-order valence-electron chi connectivity index (χ3n) is 2.71. The fourth-order valence-corrected chi connectivity index (χ4v) is 1.98. The average molecular weight is 306 g/mol. The fourth-order valence-electron chi connectivity index (χ4n) is 1.71. The number of nitrogens with two attached hydrogens (primary N) is 1. The maximum Gasteiger partial charge on any atom is 0.119 e. The number of hydrogen-bond donors (Lipinski definition) is 1. The number of rotatable bonds is 4. The largest absolute Gasteiger partial charge is 0.492 e. The van der Waals surface area contributed by atoms with Gasteiger partial charge >= 0.3 is 0 Å². The van der Waals surface area contributed by atoms with Gasteiger partial charge in [-0.1, -0.05) is 45.8 Å². The van der Waals surface area contributed by atoms with Crippen LogP contribution in [0.25, 0.3) is 0 Å². The maximum absolute atomic E-state index is 6.11. The molecule has 0 aliphatic carbocycles. The van der Waals surface area contributed by atoms with Crippen LogP contribution in [0.3, 0.4) is 0 Å². The topological polar surface area (TPSA) is 35.2 Å². The van der Waals surface area contributed by atoms with Gasteiger partial charge in [0.25, 0.3) is 0 Å². The molecule has 0 fully saturated rings. The molecule has 3 heteroatoms. The first-order chi connectivity index (χ1) is 8.65. The van der Waals surface area contributed by atoms with Crippen LogP contribution in [0.4, 0.5) is 0 Å². The predicted octanol–water partition coefficient (Wildman–Crippen LogP) is 3.84. The standard InChI is InChI=1S/C15H16BrNO/c1-11-3-2-4-12(9-11)15(17)10-18-14-7-5-13(16)6-8-14/h2-9,15H,10,17H2,1H3. The number of halogens is 1. The summed E-state index contributed by atoms with van der Waals surface area (Å²) in [6.45, 7) is 2.54. The summed E-state index contributed by atoms with van der Waals surface area (Å²) in [7, 11) is 0. The van der Waals surface area contributed by atoms with Gasteiger partial charge in [0.05, 0.1) is 6.04 Å². The first-order valence-electron chi connectivity index (χ1n) is 5.85. The van der Waals surface area contributed by atoms with Gasteiger partial charge in [-0.05, 0) is 36.8 Å². The molecule has 0 aliphatic rings. The van der Waals surface area contributed by atoms with Gasteiger partial charge in [-0.25, -0.2) is 0 Å². The van der Waals surface area contributed by atoms with Crippen molar-refractivity contribution in [1.82, 2.24) is 0 Å². The van der Waals surface area contributed by atoms with Gasteiger partial charge in [-0.3, -0.25) is 0 Å². The lowest BCUT2D eigenvalue weighted by atomic mass is 10.1. The Bertz CT molecular complexity index is 510. The molecule has 0 aromatic heterocycles. The van der Waals surface area contributed by atoms with E-state index < -0.39 is 0 Å². The average Bonchev–Trinajstić information content (AvgIpc) is 2.38. The van der Waals surface area contributed by atoms with E-state index in [1.807, 2.05) is 36.4 Å². The number of aryl methyl sites for hydroxylation is 1. The van der Waals surface area contributed by atoms with E-state index >= 15 is 0 Å². The Balaban J connectivity index is 1.96. The van der Waals surface area contributed by atoms with Crippen LogP contribution in [0, 0.1) is 6.92 Å². The van der Waals surface area contributed by atoms with Crippen molar-refractivity contribution in [1.29, 1.82) is 0 Å². The Kier molecular flexibility index (Phi) is 4.39. The van der Waals surface area contributed by atoms with Crippen molar-refractivity contribution in [3.8, 4) is 5.75 Å². The van der Waals surface area contributed by atoms with Gasteiger partial charge in [0.1, 0.15) is 12.4 Å². The summed E-state index contributed by atoms with van der Waals surface area (Å²) in [5.41, 5.74) is 8.43. The summed E-state index contributed by atoms with van der Waals surface area (Å²) in [6, 6.07) is 15.9. The Morgan fingerprint density at radius 2 is 1.89 bits per heavy atom. The highest BCUT2D eigenvalue weighted by atomic mass is 79.9. The van der Waals surface area contributed by atoms with Gasteiger partial charge in [0.2, 0.25) is 0 Å². The molecule has 0 saturated heterocycles. The van der Waals surface area contributed by atoms with Crippen LogP contribution in [-0.4, -0.2) is 6.61 Å². The number of ether oxygens (including phenoxy) is 1. The van der Waals surface area contributed by atoms with Crippen LogP contribution < -0.4 is 10.5 Å². The highest BCUT2D eigenvalue weighted by molar-refractivity contribution is 9.10. The van der Waals surface area contributed by atoms with Crippen molar-refractivity contribution in [3.05, 3.63) is 64.1 Å². The SMILES string of the molecule is Cc1cccc(C(N)COc2ccc(Br)cc2)c1. The zero-order chi connectivity index (χ0) is 13.0. The molecule has 94 valence electrons. The first kappa shape index (κ1) is 13.1. The van der Waals surface area contributed by atoms with Crippen molar-refractivity contribution in [3.63, 3.8) is 0 Å². The lowest BCUT2D eigenvalue weighted by molar-refractivity contribution is 0.290. The molecule has 0 saturated carbocycles. The molecule has 0 heterocycles. The second-order valence-electron chi connectivity index (χ2n) is 4.29. The highest BCUT2D eigenvalue weighted by Crippen LogP contribution is 2.18. The van der Waals surface area contributed by atoms with E-state index in [4.69, 9.17) is 10.5 Å². The Labute approximate surface area is 116 Å². The second kappa shape index (κ2) is 6.03. The van der Waals surface area contributed by atoms with E-state index in [9.17, 15) is 0 Å². The van der Waals surface area contributed by atoms with Crippen LogP contribution >= 0.6 is 15.9 Å². The summed E-state index contributed by atoms with van der Waals surface area (Å²) in [5.74, 6) is 0.835. The minimum absolute atomic E-state index is 0.103. The van der Waals surface area contributed by atoms with Crippen LogP contribution in [-0.2, 0) is 0 Å². The molecule has 0 aliphatic heterocycles. The summed E-state index contributed by atoms with van der Waals surface area (Å²) < 4.78 is 6.71. The molecule has 2 rings (SSSR count). The van der Waals surface area contributed by atoms with Crippen LogP contribution in [0.1, 0.15) is 17.2 Å². The number of hydrogen-bond acceptors (Lipinski definition) is 2. The Morgan fingerprint density at radius 3 is 2.56 bits per heavy atom. The summed E-state index contributed by atoms with van der Waals surface area (Å²) in [5, 5.41) is 0.